The summed E-state index contributed by atoms with van der Waals surface area (Å²) in [5.74, 6) is 0. The molecule has 3 rings (SSSR count). The monoisotopic (exact) mass is 324 g/mol. The quantitative estimate of drug-likeness (QED) is 0.707. The largest absolute Gasteiger partial charge is 0.338 e. The minimum Gasteiger partial charge on any atom is -0.338 e. The molecule has 0 bridgehead atoms. The van der Waals surface area contributed by atoms with Crippen LogP contribution in [0.25, 0.3) is 10.8 Å². The Morgan fingerprint density at radius 1 is 0.913 bits per heavy atom. The van der Waals surface area contributed by atoms with E-state index in [0.717, 1.165) is 28.4 Å². The number of fused-ring (bicyclic) bond motifs is 1. The van der Waals surface area contributed by atoms with Gasteiger partial charge in [-0.2, -0.15) is 0 Å². The van der Waals surface area contributed by atoms with Gasteiger partial charge in [0.1, 0.15) is 0 Å². The smallest absolute Gasteiger partial charge is 0.319 e. The Hall–Kier alpha value is -2.52. The molecule has 0 saturated heterocycles. The van der Waals surface area contributed by atoms with Crippen LogP contribution < -0.4 is 10.6 Å². The molecular formula is C19H17ClN2O. The van der Waals surface area contributed by atoms with Crippen LogP contribution in [-0.2, 0) is 6.42 Å². The van der Waals surface area contributed by atoms with Gasteiger partial charge in [-0.3, -0.25) is 0 Å². The fourth-order valence-corrected chi connectivity index (χ4v) is 2.67. The molecular weight excluding hydrogens is 308 g/mol. The third kappa shape index (κ3) is 4.24. The Morgan fingerprint density at radius 3 is 2.57 bits per heavy atom. The summed E-state index contributed by atoms with van der Waals surface area (Å²) in [4.78, 5) is 12.0. The van der Waals surface area contributed by atoms with Crippen LogP contribution in [0.1, 0.15) is 5.56 Å². The molecule has 0 aliphatic heterocycles. The number of amides is 2. The highest BCUT2D eigenvalue weighted by molar-refractivity contribution is 6.30. The maximum atomic E-state index is 12.0. The number of rotatable bonds is 4. The molecule has 3 nitrogen and oxygen atoms in total. The van der Waals surface area contributed by atoms with Crippen molar-refractivity contribution >= 4 is 34.1 Å². The maximum Gasteiger partial charge on any atom is 0.319 e. The van der Waals surface area contributed by atoms with Crippen LogP contribution in [0.15, 0.2) is 66.7 Å². The summed E-state index contributed by atoms with van der Waals surface area (Å²) < 4.78 is 0. The van der Waals surface area contributed by atoms with Crippen molar-refractivity contribution in [2.45, 2.75) is 6.42 Å². The first-order chi connectivity index (χ1) is 11.2. The number of anilines is 1. The molecule has 0 spiro atoms. The molecule has 116 valence electrons. The van der Waals surface area contributed by atoms with E-state index < -0.39 is 0 Å². The van der Waals surface area contributed by atoms with Crippen molar-refractivity contribution in [3.05, 3.63) is 77.3 Å². The lowest BCUT2D eigenvalue weighted by Crippen LogP contribution is -2.30. The van der Waals surface area contributed by atoms with Crippen molar-refractivity contribution in [3.63, 3.8) is 0 Å². The molecule has 3 aromatic rings. The average molecular weight is 325 g/mol. The van der Waals surface area contributed by atoms with E-state index in [0.29, 0.717) is 11.6 Å². The van der Waals surface area contributed by atoms with Gasteiger partial charge in [-0.05, 0) is 47.0 Å². The molecule has 0 heterocycles. The number of benzene rings is 3. The fraction of sp³-hybridized carbons (Fsp3) is 0.105. The van der Waals surface area contributed by atoms with Gasteiger partial charge < -0.3 is 10.6 Å². The van der Waals surface area contributed by atoms with E-state index in [2.05, 4.69) is 10.6 Å². The molecule has 0 aromatic heterocycles. The summed E-state index contributed by atoms with van der Waals surface area (Å²) in [7, 11) is 0. The van der Waals surface area contributed by atoms with Crippen LogP contribution in [0.3, 0.4) is 0 Å². The standard InChI is InChI=1S/C19H17ClN2O/c20-17-7-3-4-14(12-17)10-11-21-19(23)22-18-9-8-15-5-1-2-6-16(15)13-18/h1-9,12-13H,10-11H2,(H2,21,22,23). The van der Waals surface area contributed by atoms with Crippen molar-refractivity contribution in [2.24, 2.45) is 0 Å². The van der Waals surface area contributed by atoms with Gasteiger partial charge in [0.2, 0.25) is 0 Å². The summed E-state index contributed by atoms with van der Waals surface area (Å²) in [6.45, 7) is 0.555. The first kappa shape index (κ1) is 15.4. The van der Waals surface area contributed by atoms with Crippen molar-refractivity contribution in [1.82, 2.24) is 5.32 Å². The second-order valence-electron chi connectivity index (χ2n) is 5.32. The van der Waals surface area contributed by atoms with Gasteiger partial charge in [-0.25, -0.2) is 4.79 Å². The Bertz CT molecular complexity index is 832. The predicted molar refractivity (Wildman–Crippen MR) is 96.1 cm³/mol. The highest BCUT2D eigenvalue weighted by Gasteiger charge is 2.02. The number of hydrogen-bond acceptors (Lipinski definition) is 1. The van der Waals surface area contributed by atoms with Crippen LogP contribution in [-0.4, -0.2) is 12.6 Å². The number of halogens is 1. The second-order valence-corrected chi connectivity index (χ2v) is 5.76. The van der Waals surface area contributed by atoms with E-state index in [9.17, 15) is 4.79 Å². The molecule has 23 heavy (non-hydrogen) atoms. The SMILES string of the molecule is O=C(NCCc1cccc(Cl)c1)Nc1ccc2ccccc2c1. The lowest BCUT2D eigenvalue weighted by molar-refractivity contribution is 0.252. The molecule has 0 radical (unpaired) electrons. The first-order valence-corrected chi connectivity index (χ1v) is 7.86. The topological polar surface area (TPSA) is 41.1 Å². The van der Waals surface area contributed by atoms with Gasteiger partial charge in [0, 0.05) is 17.3 Å². The minimum absolute atomic E-state index is 0.206. The van der Waals surface area contributed by atoms with Crippen LogP contribution in [0.4, 0.5) is 10.5 Å². The fourth-order valence-electron chi connectivity index (χ4n) is 2.46. The number of nitrogens with one attached hydrogen (secondary N) is 2. The van der Waals surface area contributed by atoms with E-state index in [1.807, 2.05) is 66.7 Å². The summed E-state index contributed by atoms with van der Waals surface area (Å²) >= 11 is 5.94. The minimum atomic E-state index is -0.206. The summed E-state index contributed by atoms with van der Waals surface area (Å²) in [6.07, 6.45) is 0.742. The molecule has 0 aliphatic rings. The Kier molecular flexibility index (Phi) is 4.79. The number of carbonyl (C=O) groups is 1. The van der Waals surface area contributed by atoms with Crippen molar-refractivity contribution in [3.8, 4) is 0 Å². The third-order valence-corrected chi connectivity index (χ3v) is 3.83. The molecule has 3 aromatic carbocycles. The first-order valence-electron chi connectivity index (χ1n) is 7.49. The molecule has 4 heteroatoms. The van der Waals surface area contributed by atoms with Crippen molar-refractivity contribution < 1.29 is 4.79 Å². The Morgan fingerprint density at radius 2 is 1.74 bits per heavy atom. The van der Waals surface area contributed by atoms with Crippen LogP contribution in [0.2, 0.25) is 5.02 Å². The summed E-state index contributed by atoms with van der Waals surface area (Å²) in [6, 6.07) is 21.4. The van der Waals surface area contributed by atoms with E-state index in [1.54, 1.807) is 0 Å². The summed E-state index contributed by atoms with van der Waals surface area (Å²) in [5.41, 5.74) is 1.88. The van der Waals surface area contributed by atoms with Gasteiger partial charge in [-0.15, -0.1) is 0 Å². The van der Waals surface area contributed by atoms with Gasteiger partial charge >= 0.3 is 6.03 Å². The second kappa shape index (κ2) is 7.16. The van der Waals surface area contributed by atoms with E-state index >= 15 is 0 Å². The highest BCUT2D eigenvalue weighted by atomic mass is 35.5. The molecule has 0 aliphatic carbocycles. The molecule has 0 saturated carbocycles. The van der Waals surface area contributed by atoms with Gasteiger partial charge in [0.15, 0.2) is 0 Å². The number of hydrogen-bond donors (Lipinski definition) is 2. The zero-order valence-corrected chi connectivity index (χ0v) is 13.3. The normalized spacial score (nSPS) is 10.5. The zero-order chi connectivity index (χ0) is 16.1. The van der Waals surface area contributed by atoms with Crippen LogP contribution in [0, 0.1) is 0 Å². The highest BCUT2D eigenvalue weighted by Crippen LogP contribution is 2.18. The number of carbonyl (C=O) groups excluding carboxylic acids is 1. The van der Waals surface area contributed by atoms with Crippen molar-refractivity contribution in [1.29, 1.82) is 0 Å². The molecule has 0 atom stereocenters. The molecule has 0 fully saturated rings. The Labute approximate surface area is 140 Å². The maximum absolute atomic E-state index is 12.0. The van der Waals surface area contributed by atoms with Gasteiger partial charge in [0.05, 0.1) is 0 Å². The molecule has 0 unspecified atom stereocenters. The average Bonchev–Trinajstić information content (AvgIpc) is 2.55. The van der Waals surface area contributed by atoms with Crippen LogP contribution in [0.5, 0.6) is 0 Å². The lowest BCUT2D eigenvalue weighted by Gasteiger charge is -2.09. The lowest BCUT2D eigenvalue weighted by atomic mass is 10.1. The van der Waals surface area contributed by atoms with E-state index in [1.165, 1.54) is 0 Å². The third-order valence-electron chi connectivity index (χ3n) is 3.60. The Balaban J connectivity index is 1.54. The van der Waals surface area contributed by atoms with E-state index in [-0.39, 0.29) is 6.03 Å². The number of urea groups is 1. The van der Waals surface area contributed by atoms with Gasteiger partial charge in [-0.1, -0.05) is 54.1 Å². The van der Waals surface area contributed by atoms with Crippen molar-refractivity contribution in [2.75, 3.05) is 11.9 Å². The van der Waals surface area contributed by atoms with Gasteiger partial charge in [0.25, 0.3) is 0 Å². The molecule has 2 amide bonds. The summed E-state index contributed by atoms with van der Waals surface area (Å²) in [5, 5.41) is 8.67. The zero-order valence-electron chi connectivity index (χ0n) is 12.6. The predicted octanol–water partition coefficient (Wildman–Crippen LogP) is 4.86. The van der Waals surface area contributed by atoms with E-state index in [4.69, 9.17) is 11.6 Å². The van der Waals surface area contributed by atoms with Crippen LogP contribution >= 0.6 is 11.6 Å². The molecule has 2 N–H and O–H groups in total.